The Morgan fingerprint density at radius 3 is 2.78 bits per heavy atom. The summed E-state index contributed by atoms with van der Waals surface area (Å²) in [5, 5.41) is 0. The molecule has 0 unspecified atom stereocenters. The Labute approximate surface area is 108 Å². The van der Waals surface area contributed by atoms with Crippen LogP contribution in [0.1, 0.15) is 40.0 Å². The van der Waals surface area contributed by atoms with E-state index in [1.165, 1.54) is 0 Å². The number of esters is 1. The van der Waals surface area contributed by atoms with Gasteiger partial charge in [0.1, 0.15) is 12.2 Å². The molecular formula is C14H22O4. The minimum atomic E-state index is -0.232. The third kappa shape index (κ3) is 2.93. The van der Waals surface area contributed by atoms with Crippen molar-refractivity contribution in [3.63, 3.8) is 0 Å². The Morgan fingerprint density at radius 1 is 1.44 bits per heavy atom. The minimum Gasteiger partial charge on any atom is -0.463 e. The van der Waals surface area contributed by atoms with Crippen LogP contribution in [0.5, 0.6) is 0 Å². The lowest BCUT2D eigenvalue weighted by atomic mass is 9.97. The smallest absolute Gasteiger partial charge is 0.333 e. The normalized spacial score (nSPS) is 29.8. The molecule has 0 bridgehead atoms. The average Bonchev–Trinajstić information content (AvgIpc) is 3.15. The summed E-state index contributed by atoms with van der Waals surface area (Å²) < 4.78 is 16.6. The van der Waals surface area contributed by atoms with Gasteiger partial charge in [0, 0.05) is 12.0 Å². The lowest BCUT2D eigenvalue weighted by Gasteiger charge is -2.22. The lowest BCUT2D eigenvalue weighted by molar-refractivity contribution is -0.138. The fourth-order valence-electron chi connectivity index (χ4n) is 2.38. The number of hydrogen-bond acceptors (Lipinski definition) is 4. The van der Waals surface area contributed by atoms with E-state index in [1.807, 2.05) is 13.0 Å². The first-order chi connectivity index (χ1) is 8.69. The highest BCUT2D eigenvalue weighted by atomic mass is 16.6. The molecule has 0 spiro atoms. The van der Waals surface area contributed by atoms with Gasteiger partial charge in [-0.2, -0.15) is 0 Å². The van der Waals surface area contributed by atoms with Gasteiger partial charge >= 0.3 is 5.97 Å². The van der Waals surface area contributed by atoms with Crippen molar-refractivity contribution in [2.45, 2.75) is 64.4 Å². The van der Waals surface area contributed by atoms with E-state index in [4.69, 9.17) is 14.2 Å². The van der Waals surface area contributed by atoms with Crippen LogP contribution in [0.2, 0.25) is 0 Å². The van der Waals surface area contributed by atoms with Crippen LogP contribution in [-0.4, -0.2) is 37.0 Å². The second-order valence-electron chi connectivity index (χ2n) is 4.79. The summed E-state index contributed by atoms with van der Waals surface area (Å²) in [5.41, 5.74) is 0.701. The number of fused-ring (bicyclic) bond motifs is 1. The highest BCUT2D eigenvalue weighted by molar-refractivity contribution is 5.89. The Balaban J connectivity index is 2.00. The number of carbonyl (C=O) groups is 1. The summed E-state index contributed by atoms with van der Waals surface area (Å²) in [6.45, 7) is 6.44. The molecule has 0 aromatic heterocycles. The molecule has 0 saturated carbocycles. The fourth-order valence-corrected chi connectivity index (χ4v) is 2.38. The first-order valence-electron chi connectivity index (χ1n) is 6.88. The van der Waals surface area contributed by atoms with Crippen LogP contribution < -0.4 is 0 Å². The number of rotatable bonds is 6. The zero-order chi connectivity index (χ0) is 13.1. The Bertz CT molecular complexity index is 333. The van der Waals surface area contributed by atoms with E-state index in [1.54, 1.807) is 0 Å². The molecule has 1 aliphatic heterocycles. The van der Waals surface area contributed by atoms with Gasteiger partial charge in [0.15, 0.2) is 0 Å². The van der Waals surface area contributed by atoms with E-state index in [0.29, 0.717) is 18.6 Å². The zero-order valence-electron chi connectivity index (χ0n) is 11.3. The van der Waals surface area contributed by atoms with Crippen molar-refractivity contribution in [2.75, 3.05) is 6.61 Å². The number of hydrogen-bond donors (Lipinski definition) is 0. The molecule has 0 aromatic rings. The molecule has 2 aliphatic rings. The molecule has 1 heterocycles. The summed E-state index contributed by atoms with van der Waals surface area (Å²) >= 11 is 0. The molecule has 4 nitrogen and oxygen atoms in total. The van der Waals surface area contributed by atoms with Gasteiger partial charge in [-0.1, -0.05) is 13.8 Å². The molecule has 0 amide bonds. The highest BCUT2D eigenvalue weighted by Crippen LogP contribution is 2.38. The van der Waals surface area contributed by atoms with Crippen molar-refractivity contribution in [2.24, 2.45) is 0 Å². The molecule has 1 aliphatic carbocycles. The number of ether oxygens (including phenoxy) is 3. The minimum absolute atomic E-state index is 0.0898. The van der Waals surface area contributed by atoms with E-state index in [9.17, 15) is 4.79 Å². The standard InChI is InChI=1S/C14H22O4/c1-4-10(5-2)17-11-7-9(14(15)16-6-3)8-12-13(11)18-12/h7,10-13H,4-6,8H2,1-3H3/t11-,12-,13-/m0/s1. The lowest BCUT2D eigenvalue weighted by Crippen LogP contribution is -2.30. The van der Waals surface area contributed by atoms with Crippen molar-refractivity contribution in [3.05, 3.63) is 11.6 Å². The van der Waals surface area contributed by atoms with E-state index >= 15 is 0 Å². The highest BCUT2D eigenvalue weighted by Gasteiger charge is 2.49. The van der Waals surface area contributed by atoms with Crippen molar-refractivity contribution in [1.82, 2.24) is 0 Å². The molecular weight excluding hydrogens is 232 g/mol. The first-order valence-corrected chi connectivity index (χ1v) is 6.88. The molecule has 0 N–H and O–H groups in total. The van der Waals surface area contributed by atoms with E-state index in [0.717, 1.165) is 12.8 Å². The second kappa shape index (κ2) is 5.85. The van der Waals surface area contributed by atoms with Crippen molar-refractivity contribution in [3.8, 4) is 0 Å². The third-order valence-electron chi connectivity index (χ3n) is 3.53. The van der Waals surface area contributed by atoms with Gasteiger partial charge in [-0.15, -0.1) is 0 Å². The predicted molar refractivity (Wildman–Crippen MR) is 67.2 cm³/mol. The monoisotopic (exact) mass is 254 g/mol. The fraction of sp³-hybridized carbons (Fsp3) is 0.786. The first kappa shape index (κ1) is 13.6. The van der Waals surface area contributed by atoms with E-state index in [-0.39, 0.29) is 30.4 Å². The van der Waals surface area contributed by atoms with Crippen LogP contribution in [0.25, 0.3) is 0 Å². The van der Waals surface area contributed by atoms with Crippen molar-refractivity contribution in [1.29, 1.82) is 0 Å². The van der Waals surface area contributed by atoms with E-state index in [2.05, 4.69) is 13.8 Å². The van der Waals surface area contributed by atoms with Gasteiger partial charge < -0.3 is 14.2 Å². The number of carbonyl (C=O) groups excluding carboxylic acids is 1. The molecule has 18 heavy (non-hydrogen) atoms. The zero-order valence-corrected chi connectivity index (χ0v) is 11.3. The third-order valence-corrected chi connectivity index (χ3v) is 3.53. The average molecular weight is 254 g/mol. The topological polar surface area (TPSA) is 48.1 Å². The molecule has 102 valence electrons. The van der Waals surface area contributed by atoms with Crippen LogP contribution in [0.3, 0.4) is 0 Å². The Morgan fingerprint density at radius 2 is 2.17 bits per heavy atom. The maximum Gasteiger partial charge on any atom is 0.333 e. The quantitative estimate of drug-likeness (QED) is 0.538. The molecule has 1 fully saturated rings. The molecule has 0 aromatic carbocycles. The maximum atomic E-state index is 11.7. The number of epoxide rings is 1. The summed E-state index contributed by atoms with van der Waals surface area (Å²) in [6, 6.07) is 0. The Kier molecular flexibility index (Phi) is 4.40. The molecule has 1 saturated heterocycles. The van der Waals surface area contributed by atoms with Gasteiger partial charge in [-0.05, 0) is 25.8 Å². The van der Waals surface area contributed by atoms with Crippen LogP contribution in [-0.2, 0) is 19.0 Å². The predicted octanol–water partition coefficient (Wildman–Crippen LogP) is 2.22. The van der Waals surface area contributed by atoms with Crippen molar-refractivity contribution >= 4 is 5.97 Å². The van der Waals surface area contributed by atoms with Crippen LogP contribution in [0.4, 0.5) is 0 Å². The van der Waals surface area contributed by atoms with Crippen LogP contribution in [0.15, 0.2) is 11.6 Å². The SMILES string of the molecule is CCOC(=O)C1=C[C@H](OC(CC)CC)[C@@H]2O[C@H]2C1. The van der Waals surface area contributed by atoms with Gasteiger partial charge in [-0.3, -0.25) is 0 Å². The summed E-state index contributed by atoms with van der Waals surface area (Å²) in [7, 11) is 0. The van der Waals surface area contributed by atoms with Gasteiger partial charge in [-0.25, -0.2) is 4.79 Å². The van der Waals surface area contributed by atoms with Gasteiger partial charge in [0.25, 0.3) is 0 Å². The molecule has 3 atom stereocenters. The molecule has 4 heteroatoms. The van der Waals surface area contributed by atoms with Gasteiger partial charge in [0.05, 0.1) is 18.8 Å². The van der Waals surface area contributed by atoms with Crippen molar-refractivity contribution < 1.29 is 19.0 Å². The summed E-state index contributed by atoms with van der Waals surface area (Å²) in [5.74, 6) is -0.232. The Hall–Kier alpha value is -0.870. The maximum absolute atomic E-state index is 11.7. The largest absolute Gasteiger partial charge is 0.463 e. The van der Waals surface area contributed by atoms with Gasteiger partial charge in [0.2, 0.25) is 0 Å². The second-order valence-corrected chi connectivity index (χ2v) is 4.79. The van der Waals surface area contributed by atoms with Crippen LogP contribution >= 0.6 is 0 Å². The summed E-state index contributed by atoms with van der Waals surface area (Å²) in [6.07, 6.45) is 4.94. The summed E-state index contributed by atoms with van der Waals surface area (Å²) in [4.78, 5) is 11.7. The van der Waals surface area contributed by atoms with Crippen LogP contribution in [0, 0.1) is 0 Å². The molecule has 0 radical (unpaired) electrons. The van der Waals surface area contributed by atoms with E-state index < -0.39 is 0 Å². The molecule has 2 rings (SSSR count).